The van der Waals surface area contributed by atoms with E-state index in [1.807, 2.05) is 6.92 Å². The van der Waals surface area contributed by atoms with Gasteiger partial charge in [-0.25, -0.2) is 4.79 Å². The minimum Gasteiger partial charge on any atom is -0.462 e. The third-order valence-electron chi connectivity index (χ3n) is 10.3. The number of aliphatic hydroxyl groups excluding tert-OH is 1. The second kappa shape index (κ2) is 7.48. The lowest BCUT2D eigenvalue weighted by molar-refractivity contribution is -0.266. The molecule has 0 bridgehead atoms. The molecule has 186 valence electrons. The number of rotatable bonds is 2. The summed E-state index contributed by atoms with van der Waals surface area (Å²) < 4.78 is 10.5. The zero-order valence-corrected chi connectivity index (χ0v) is 20.0. The first-order valence-electron chi connectivity index (χ1n) is 12.3. The van der Waals surface area contributed by atoms with Gasteiger partial charge < -0.3 is 24.5 Å². The maximum absolute atomic E-state index is 13.9. The molecule has 0 amide bonds. The Morgan fingerprint density at radius 2 is 1.82 bits per heavy atom. The first-order valence-corrected chi connectivity index (χ1v) is 12.3. The van der Waals surface area contributed by atoms with E-state index in [1.54, 1.807) is 13.0 Å². The Morgan fingerprint density at radius 3 is 2.47 bits per heavy atom. The molecule has 1 heterocycles. The van der Waals surface area contributed by atoms with Crippen LogP contribution in [0.2, 0.25) is 0 Å². The number of ketones is 1. The number of carbonyl (C=O) groups excluding carboxylic acids is 2. The standard InChI is InChI=1S/C26H34O8/c1-14(27)34-16-6-9-23(2)20-18(7-10-25(23,31)12-16)26(32)11-8-17(15-4-5-19(28)33-13-15)24(26,3)22(30)21(20)29/h4-5,13,16-18,20-21,29,31-32H,6-12H2,1-3H3/t16-,17+,18-,20-,21-,23+,24-,25-,26-/m0/s1. The highest BCUT2D eigenvalue weighted by molar-refractivity contribution is 5.93. The number of ether oxygens (including phenoxy) is 1. The van der Waals surface area contributed by atoms with Gasteiger partial charge in [0.05, 0.1) is 22.9 Å². The van der Waals surface area contributed by atoms with E-state index < -0.39 is 63.5 Å². The molecular weight excluding hydrogens is 440 g/mol. The smallest absolute Gasteiger partial charge is 0.335 e. The molecule has 1 aromatic heterocycles. The minimum atomic E-state index is -1.36. The molecule has 0 aliphatic heterocycles. The van der Waals surface area contributed by atoms with Crippen LogP contribution in [0.3, 0.4) is 0 Å². The van der Waals surface area contributed by atoms with Crippen molar-refractivity contribution in [2.45, 2.75) is 95.0 Å². The Hall–Kier alpha value is -2.03. The van der Waals surface area contributed by atoms with Crippen molar-refractivity contribution >= 4 is 11.8 Å². The molecule has 4 aliphatic rings. The molecule has 1 aromatic rings. The van der Waals surface area contributed by atoms with Gasteiger partial charge in [0.2, 0.25) is 0 Å². The van der Waals surface area contributed by atoms with Gasteiger partial charge in [0, 0.05) is 36.7 Å². The van der Waals surface area contributed by atoms with E-state index >= 15 is 0 Å². The van der Waals surface area contributed by atoms with Gasteiger partial charge in [0.25, 0.3) is 0 Å². The van der Waals surface area contributed by atoms with Crippen LogP contribution in [-0.4, -0.2) is 50.5 Å². The fourth-order valence-corrected chi connectivity index (χ4v) is 8.43. The summed E-state index contributed by atoms with van der Waals surface area (Å²) in [7, 11) is 0. The first-order chi connectivity index (χ1) is 15.9. The average molecular weight is 475 g/mol. The van der Waals surface area contributed by atoms with Crippen LogP contribution in [0.4, 0.5) is 0 Å². The van der Waals surface area contributed by atoms with Gasteiger partial charge in [-0.05, 0) is 63.0 Å². The van der Waals surface area contributed by atoms with Crippen LogP contribution < -0.4 is 5.63 Å². The number of esters is 1. The molecule has 4 saturated carbocycles. The van der Waals surface area contributed by atoms with Crippen molar-refractivity contribution in [3.05, 3.63) is 34.4 Å². The van der Waals surface area contributed by atoms with Crippen LogP contribution >= 0.6 is 0 Å². The molecule has 8 heteroatoms. The summed E-state index contributed by atoms with van der Waals surface area (Å²) in [6.45, 7) is 5.00. The highest BCUT2D eigenvalue weighted by Gasteiger charge is 2.75. The molecule has 8 nitrogen and oxygen atoms in total. The Kier molecular flexibility index (Phi) is 5.22. The Morgan fingerprint density at radius 1 is 1.09 bits per heavy atom. The maximum Gasteiger partial charge on any atom is 0.335 e. The highest BCUT2D eigenvalue weighted by Crippen LogP contribution is 2.70. The molecule has 4 fully saturated rings. The zero-order valence-electron chi connectivity index (χ0n) is 20.0. The molecular formula is C26H34O8. The van der Waals surface area contributed by atoms with Gasteiger partial charge in [-0.3, -0.25) is 9.59 Å². The van der Waals surface area contributed by atoms with E-state index in [2.05, 4.69) is 0 Å². The molecule has 9 atom stereocenters. The molecule has 4 aliphatic carbocycles. The lowest BCUT2D eigenvalue weighted by atomic mass is 9.41. The summed E-state index contributed by atoms with van der Waals surface area (Å²) in [5, 5.41) is 35.5. The van der Waals surface area contributed by atoms with Crippen molar-refractivity contribution in [3.63, 3.8) is 0 Å². The number of Topliss-reactive ketones (excluding diaryl/α,β-unsaturated/α-hetero) is 1. The molecule has 34 heavy (non-hydrogen) atoms. The maximum atomic E-state index is 13.9. The van der Waals surface area contributed by atoms with Crippen LogP contribution in [0.15, 0.2) is 27.6 Å². The number of aliphatic hydroxyl groups is 3. The van der Waals surface area contributed by atoms with Crippen LogP contribution in [0.1, 0.15) is 77.2 Å². The Balaban J connectivity index is 1.53. The van der Waals surface area contributed by atoms with Gasteiger partial charge >= 0.3 is 11.6 Å². The summed E-state index contributed by atoms with van der Waals surface area (Å²) in [5.74, 6) is -2.18. The quantitative estimate of drug-likeness (QED) is 0.555. The molecule has 0 radical (unpaired) electrons. The molecule has 0 aromatic carbocycles. The van der Waals surface area contributed by atoms with Crippen molar-refractivity contribution < 1.29 is 34.1 Å². The number of carbonyl (C=O) groups is 2. The van der Waals surface area contributed by atoms with Gasteiger partial charge in [-0.1, -0.05) is 6.92 Å². The summed E-state index contributed by atoms with van der Waals surface area (Å²) >= 11 is 0. The summed E-state index contributed by atoms with van der Waals surface area (Å²) in [6.07, 6.45) is 2.64. The van der Waals surface area contributed by atoms with E-state index in [0.717, 1.165) is 0 Å². The van der Waals surface area contributed by atoms with Gasteiger partial charge in [-0.2, -0.15) is 0 Å². The average Bonchev–Trinajstić information content (AvgIpc) is 3.05. The van der Waals surface area contributed by atoms with Crippen molar-refractivity contribution in [1.82, 2.24) is 0 Å². The molecule has 3 N–H and O–H groups in total. The zero-order chi connectivity index (χ0) is 24.7. The normalized spacial score (nSPS) is 47.9. The van der Waals surface area contributed by atoms with Crippen molar-refractivity contribution in [2.75, 3.05) is 0 Å². The SMILES string of the molecule is CC(=O)O[C@H]1CC[C@]2(C)[C@@H]3[C@H](O)C(=O)[C@]4(C)[C@@H](c5ccc(=O)oc5)CC[C@]4(O)[C@H]3CC[C@]2(O)C1. The molecule has 0 spiro atoms. The Bertz CT molecular complexity index is 1060. The summed E-state index contributed by atoms with van der Waals surface area (Å²) in [4.78, 5) is 36.9. The summed E-state index contributed by atoms with van der Waals surface area (Å²) in [6, 6.07) is 2.95. The van der Waals surface area contributed by atoms with E-state index in [9.17, 15) is 29.7 Å². The second-order valence-corrected chi connectivity index (χ2v) is 11.5. The molecule has 0 saturated heterocycles. The number of hydrogen-bond donors (Lipinski definition) is 3. The third-order valence-corrected chi connectivity index (χ3v) is 10.3. The topological polar surface area (TPSA) is 134 Å². The van der Waals surface area contributed by atoms with Crippen LogP contribution in [0.5, 0.6) is 0 Å². The van der Waals surface area contributed by atoms with E-state index in [4.69, 9.17) is 9.15 Å². The lowest BCUT2D eigenvalue weighted by Gasteiger charge is -2.66. The minimum absolute atomic E-state index is 0.259. The molecule has 5 rings (SSSR count). The van der Waals surface area contributed by atoms with Crippen LogP contribution in [0, 0.1) is 22.7 Å². The van der Waals surface area contributed by atoms with E-state index in [1.165, 1.54) is 19.3 Å². The van der Waals surface area contributed by atoms with Crippen LogP contribution in [0.25, 0.3) is 0 Å². The number of fused-ring (bicyclic) bond motifs is 5. The van der Waals surface area contributed by atoms with E-state index in [-0.39, 0.29) is 12.3 Å². The van der Waals surface area contributed by atoms with Gasteiger partial charge in [0.15, 0.2) is 5.78 Å². The third kappa shape index (κ3) is 2.91. The predicted octanol–water partition coefficient (Wildman–Crippen LogP) is 2.08. The Labute approximate surface area is 198 Å². The first kappa shape index (κ1) is 23.7. The van der Waals surface area contributed by atoms with Crippen molar-refractivity contribution in [2.24, 2.45) is 22.7 Å². The van der Waals surface area contributed by atoms with Crippen molar-refractivity contribution in [1.29, 1.82) is 0 Å². The largest absolute Gasteiger partial charge is 0.462 e. The van der Waals surface area contributed by atoms with E-state index in [0.29, 0.717) is 44.1 Å². The monoisotopic (exact) mass is 474 g/mol. The van der Waals surface area contributed by atoms with Crippen molar-refractivity contribution in [3.8, 4) is 0 Å². The fourth-order valence-electron chi connectivity index (χ4n) is 8.43. The predicted molar refractivity (Wildman–Crippen MR) is 120 cm³/mol. The number of hydrogen-bond acceptors (Lipinski definition) is 8. The molecule has 0 unspecified atom stereocenters. The highest BCUT2D eigenvalue weighted by atomic mass is 16.5. The van der Waals surface area contributed by atoms with Gasteiger partial charge in [0.1, 0.15) is 12.2 Å². The fraction of sp³-hybridized carbons (Fsp3) is 0.731. The second-order valence-electron chi connectivity index (χ2n) is 11.5. The summed E-state index contributed by atoms with van der Waals surface area (Å²) in [5.41, 5.74) is -4.44. The van der Waals surface area contributed by atoms with Gasteiger partial charge in [-0.15, -0.1) is 0 Å². The lowest BCUT2D eigenvalue weighted by Crippen LogP contribution is -2.73. The van der Waals surface area contributed by atoms with Crippen LogP contribution in [-0.2, 0) is 14.3 Å².